The molecule has 0 aliphatic carbocycles. The van der Waals surface area contributed by atoms with Crippen LogP contribution in [0, 0.1) is 11.3 Å². The number of rotatable bonds is 9. The maximum absolute atomic E-state index is 10.1. The second kappa shape index (κ2) is 9.88. The highest BCUT2D eigenvalue weighted by Crippen LogP contribution is 2.25. The predicted octanol–water partition coefficient (Wildman–Crippen LogP) is 4.52. The monoisotopic (exact) mass is 386 g/mol. The smallest absolute Gasteiger partial charge is 0.120 e. The number of hydrogen-bond donors (Lipinski definition) is 2. The van der Waals surface area contributed by atoms with E-state index in [1.54, 1.807) is 6.07 Å². The molecule has 0 saturated carbocycles. The first-order valence-electron chi connectivity index (χ1n) is 9.81. The topological polar surface area (TPSA) is 65.3 Å². The van der Waals surface area contributed by atoms with E-state index < -0.39 is 5.54 Å². The van der Waals surface area contributed by atoms with Crippen molar-refractivity contribution in [2.75, 3.05) is 6.61 Å². The average Bonchev–Trinajstić information content (AvgIpc) is 2.80. The SMILES string of the molecule is CC[C@@](CO)(NCc1cccc(OCc2cccc(C#N)c2)c1)c1ccccc1. The molecule has 3 aromatic carbocycles. The van der Waals surface area contributed by atoms with Gasteiger partial charge in [-0.1, -0.05) is 61.5 Å². The molecule has 4 nitrogen and oxygen atoms in total. The second-order valence-corrected chi connectivity index (χ2v) is 7.06. The predicted molar refractivity (Wildman–Crippen MR) is 114 cm³/mol. The second-order valence-electron chi connectivity index (χ2n) is 7.06. The Morgan fingerprint density at radius 3 is 2.45 bits per heavy atom. The summed E-state index contributed by atoms with van der Waals surface area (Å²) < 4.78 is 5.91. The van der Waals surface area contributed by atoms with Gasteiger partial charge in [-0.25, -0.2) is 0 Å². The Morgan fingerprint density at radius 2 is 1.72 bits per heavy atom. The Morgan fingerprint density at radius 1 is 0.966 bits per heavy atom. The van der Waals surface area contributed by atoms with E-state index >= 15 is 0 Å². The Labute approximate surface area is 172 Å². The minimum absolute atomic E-state index is 0.0267. The summed E-state index contributed by atoms with van der Waals surface area (Å²) in [6, 6.07) is 27.6. The van der Waals surface area contributed by atoms with Gasteiger partial charge in [0.05, 0.1) is 23.8 Å². The number of hydrogen-bond acceptors (Lipinski definition) is 4. The first-order chi connectivity index (χ1) is 14.2. The summed E-state index contributed by atoms with van der Waals surface area (Å²) in [7, 11) is 0. The molecule has 29 heavy (non-hydrogen) atoms. The summed E-state index contributed by atoms with van der Waals surface area (Å²) in [4.78, 5) is 0. The summed E-state index contributed by atoms with van der Waals surface area (Å²) in [5.41, 5.74) is 3.27. The number of nitrogens with one attached hydrogen (secondary N) is 1. The highest BCUT2D eigenvalue weighted by molar-refractivity contribution is 5.34. The van der Waals surface area contributed by atoms with Crippen LogP contribution in [0.2, 0.25) is 0 Å². The van der Waals surface area contributed by atoms with E-state index in [-0.39, 0.29) is 6.61 Å². The molecule has 0 unspecified atom stereocenters. The van der Waals surface area contributed by atoms with Crippen molar-refractivity contribution < 1.29 is 9.84 Å². The van der Waals surface area contributed by atoms with E-state index in [4.69, 9.17) is 10.00 Å². The van der Waals surface area contributed by atoms with Gasteiger partial charge in [0.15, 0.2) is 0 Å². The van der Waals surface area contributed by atoms with Gasteiger partial charge in [-0.3, -0.25) is 0 Å². The largest absolute Gasteiger partial charge is 0.489 e. The quantitative estimate of drug-likeness (QED) is 0.567. The number of benzene rings is 3. The molecule has 0 bridgehead atoms. The van der Waals surface area contributed by atoms with Crippen molar-refractivity contribution in [3.8, 4) is 11.8 Å². The lowest BCUT2D eigenvalue weighted by Gasteiger charge is -2.33. The lowest BCUT2D eigenvalue weighted by molar-refractivity contribution is 0.154. The normalized spacial score (nSPS) is 12.7. The van der Waals surface area contributed by atoms with Crippen molar-refractivity contribution in [2.45, 2.75) is 32.0 Å². The van der Waals surface area contributed by atoms with Crippen molar-refractivity contribution in [1.29, 1.82) is 5.26 Å². The Bertz CT molecular complexity index is 960. The van der Waals surface area contributed by atoms with Crippen molar-refractivity contribution in [3.05, 3.63) is 101 Å². The molecule has 0 spiro atoms. The summed E-state index contributed by atoms with van der Waals surface area (Å²) in [5, 5.41) is 22.7. The molecule has 2 N–H and O–H groups in total. The molecule has 3 aromatic rings. The van der Waals surface area contributed by atoms with Crippen molar-refractivity contribution >= 4 is 0 Å². The fraction of sp³-hybridized carbons (Fsp3) is 0.240. The van der Waals surface area contributed by atoms with E-state index in [1.165, 1.54) is 0 Å². The van der Waals surface area contributed by atoms with Crippen molar-refractivity contribution in [3.63, 3.8) is 0 Å². The van der Waals surface area contributed by atoms with E-state index in [0.717, 1.165) is 28.9 Å². The number of ether oxygens (including phenoxy) is 1. The van der Waals surface area contributed by atoms with Crippen LogP contribution < -0.4 is 10.1 Å². The molecular formula is C25H26N2O2. The fourth-order valence-electron chi connectivity index (χ4n) is 3.36. The van der Waals surface area contributed by atoms with Crippen LogP contribution >= 0.6 is 0 Å². The van der Waals surface area contributed by atoms with Gasteiger partial charge in [-0.2, -0.15) is 5.26 Å². The molecule has 0 aromatic heterocycles. The first kappa shape index (κ1) is 20.6. The minimum Gasteiger partial charge on any atom is -0.489 e. The molecular weight excluding hydrogens is 360 g/mol. The van der Waals surface area contributed by atoms with Crippen molar-refractivity contribution in [1.82, 2.24) is 5.32 Å². The van der Waals surface area contributed by atoms with Gasteiger partial charge in [0.2, 0.25) is 0 Å². The number of aliphatic hydroxyl groups is 1. The molecule has 4 heteroatoms. The number of nitriles is 1. The number of aliphatic hydroxyl groups excluding tert-OH is 1. The molecule has 0 aliphatic heterocycles. The van der Waals surface area contributed by atoms with Gasteiger partial charge in [-0.05, 0) is 47.4 Å². The van der Waals surface area contributed by atoms with Crippen LogP contribution in [0.1, 0.15) is 35.6 Å². The minimum atomic E-state index is -0.476. The van der Waals surface area contributed by atoms with E-state index in [2.05, 4.69) is 18.3 Å². The maximum Gasteiger partial charge on any atom is 0.120 e. The molecule has 0 heterocycles. The molecule has 148 valence electrons. The van der Waals surface area contributed by atoms with E-state index in [0.29, 0.717) is 18.7 Å². The Balaban J connectivity index is 1.67. The zero-order valence-corrected chi connectivity index (χ0v) is 16.6. The van der Waals surface area contributed by atoms with Crippen LogP contribution in [0.3, 0.4) is 0 Å². The fourth-order valence-corrected chi connectivity index (χ4v) is 3.36. The standard InChI is InChI=1S/C25H26N2O2/c1-2-25(19-28,23-11-4-3-5-12-23)27-17-21-9-7-13-24(15-21)29-18-22-10-6-8-20(14-22)16-26/h3-15,27-28H,2,17-19H2,1H3/t25-/m0/s1. The third kappa shape index (κ3) is 5.23. The Hall–Kier alpha value is -3.13. The highest BCUT2D eigenvalue weighted by Gasteiger charge is 2.28. The average molecular weight is 386 g/mol. The third-order valence-corrected chi connectivity index (χ3v) is 5.19. The van der Waals surface area contributed by atoms with Crippen LogP contribution in [-0.2, 0) is 18.7 Å². The molecule has 0 amide bonds. The van der Waals surface area contributed by atoms with Crippen LogP contribution in [0.5, 0.6) is 5.75 Å². The third-order valence-electron chi connectivity index (χ3n) is 5.19. The lowest BCUT2D eigenvalue weighted by atomic mass is 9.87. The maximum atomic E-state index is 10.1. The molecule has 0 fully saturated rings. The van der Waals surface area contributed by atoms with Crippen LogP contribution in [-0.4, -0.2) is 11.7 Å². The van der Waals surface area contributed by atoms with Crippen LogP contribution in [0.15, 0.2) is 78.9 Å². The summed E-state index contributed by atoms with van der Waals surface area (Å²) in [6.45, 7) is 3.13. The first-order valence-corrected chi connectivity index (χ1v) is 9.81. The van der Waals surface area contributed by atoms with E-state index in [1.807, 2.05) is 72.8 Å². The molecule has 0 radical (unpaired) electrons. The zero-order valence-electron chi connectivity index (χ0n) is 16.6. The molecule has 3 rings (SSSR count). The number of nitrogens with zero attached hydrogens (tertiary/aromatic N) is 1. The van der Waals surface area contributed by atoms with Crippen LogP contribution in [0.25, 0.3) is 0 Å². The van der Waals surface area contributed by atoms with Gasteiger partial charge in [0.1, 0.15) is 12.4 Å². The van der Waals surface area contributed by atoms with Crippen LogP contribution in [0.4, 0.5) is 0 Å². The van der Waals surface area contributed by atoms with Crippen molar-refractivity contribution in [2.24, 2.45) is 0 Å². The van der Waals surface area contributed by atoms with E-state index in [9.17, 15) is 5.11 Å². The summed E-state index contributed by atoms with van der Waals surface area (Å²) in [5.74, 6) is 0.775. The zero-order chi connectivity index (χ0) is 20.5. The molecule has 0 aliphatic rings. The van der Waals surface area contributed by atoms with Gasteiger partial charge in [-0.15, -0.1) is 0 Å². The summed E-state index contributed by atoms with van der Waals surface area (Å²) in [6.07, 6.45) is 0.777. The van der Waals surface area contributed by atoms with Gasteiger partial charge < -0.3 is 15.2 Å². The van der Waals surface area contributed by atoms with Gasteiger partial charge in [0.25, 0.3) is 0 Å². The molecule has 0 saturated heterocycles. The highest BCUT2D eigenvalue weighted by atomic mass is 16.5. The molecule has 1 atom stereocenters. The lowest BCUT2D eigenvalue weighted by Crippen LogP contribution is -2.44. The van der Waals surface area contributed by atoms with Gasteiger partial charge >= 0.3 is 0 Å². The Kier molecular flexibility index (Phi) is 7.02. The van der Waals surface area contributed by atoms with Gasteiger partial charge in [0, 0.05) is 6.54 Å². The summed E-state index contributed by atoms with van der Waals surface area (Å²) >= 11 is 0.